The third-order valence-electron chi connectivity index (χ3n) is 9.06. The summed E-state index contributed by atoms with van der Waals surface area (Å²) in [6.45, 7) is 4.12. The number of unbranched alkanes of at least 4 members (excludes halogenated alkanes) is 3. The number of aromatic nitrogens is 1. The molecule has 1 saturated heterocycles. The Morgan fingerprint density at radius 1 is 1.08 bits per heavy atom. The Labute approximate surface area is 295 Å². The van der Waals surface area contributed by atoms with E-state index in [2.05, 4.69) is 34.1 Å². The van der Waals surface area contributed by atoms with Gasteiger partial charge in [0, 0.05) is 18.0 Å². The summed E-state index contributed by atoms with van der Waals surface area (Å²) in [4.78, 5) is 53.1. The van der Waals surface area contributed by atoms with E-state index in [4.69, 9.17) is 9.57 Å². The molecule has 1 saturated carbocycles. The Morgan fingerprint density at radius 2 is 1.92 bits per heavy atom. The summed E-state index contributed by atoms with van der Waals surface area (Å²) in [5, 5.41) is 6.42. The molecule has 1 unspecified atom stereocenters. The average molecular weight is 700 g/mol. The summed E-state index contributed by atoms with van der Waals surface area (Å²) in [6.07, 6.45) is 8.25. The molecule has 1 aliphatic carbocycles. The molecule has 0 radical (unpaired) electrons. The Bertz CT molecular complexity index is 1850. The highest BCUT2D eigenvalue weighted by molar-refractivity contribution is 7.20. The summed E-state index contributed by atoms with van der Waals surface area (Å²) in [6, 6.07) is 19.7. The van der Waals surface area contributed by atoms with E-state index >= 15 is 0 Å². The lowest BCUT2D eigenvalue weighted by Gasteiger charge is -2.26. The molecule has 1 aromatic heterocycles. The molecule has 0 spiro atoms. The number of carbonyl (C=O) groups excluding carboxylic acids is 3. The number of rotatable bonds is 15. The number of thiazole rings is 1. The Morgan fingerprint density at radius 3 is 2.72 bits per heavy atom. The lowest BCUT2D eigenvalue weighted by atomic mass is 10.1. The second-order valence-corrected chi connectivity index (χ2v) is 13.9. The Kier molecular flexibility index (Phi) is 11.0. The van der Waals surface area contributed by atoms with Gasteiger partial charge in [-0.2, -0.15) is 5.48 Å². The smallest absolute Gasteiger partial charge is 0.278 e. The van der Waals surface area contributed by atoms with Crippen molar-refractivity contribution in [2.45, 2.75) is 70.1 Å². The predicted molar refractivity (Wildman–Crippen MR) is 191 cm³/mol. The topological polar surface area (TPSA) is 122 Å². The van der Waals surface area contributed by atoms with Crippen LogP contribution in [0.3, 0.4) is 0 Å². The van der Waals surface area contributed by atoms with E-state index in [-0.39, 0.29) is 31.3 Å². The van der Waals surface area contributed by atoms with Crippen molar-refractivity contribution in [3.8, 4) is 10.9 Å². The van der Waals surface area contributed by atoms with Crippen LogP contribution in [-0.4, -0.2) is 58.4 Å². The van der Waals surface area contributed by atoms with Crippen molar-refractivity contribution in [3.05, 3.63) is 96.3 Å². The Balaban J connectivity index is 1.19. The van der Waals surface area contributed by atoms with Gasteiger partial charge in [-0.3, -0.25) is 14.4 Å². The van der Waals surface area contributed by atoms with Gasteiger partial charge in [0.25, 0.3) is 11.1 Å². The van der Waals surface area contributed by atoms with Gasteiger partial charge in [0.15, 0.2) is 5.75 Å². The number of likely N-dealkylation sites (tertiary alicyclic amines) is 1. The fraction of sp³-hybridized carbons (Fsp3) is 0.368. The first-order chi connectivity index (χ1) is 24.2. The van der Waals surface area contributed by atoms with Crippen LogP contribution in [0.4, 0.5) is 10.1 Å². The third kappa shape index (κ3) is 8.42. The molecule has 6 rings (SSSR count). The number of anilines is 1. The summed E-state index contributed by atoms with van der Waals surface area (Å²) < 4.78 is 21.1. The van der Waals surface area contributed by atoms with Crippen molar-refractivity contribution in [1.82, 2.24) is 20.7 Å². The molecular formula is C38H42FN5O5S. The van der Waals surface area contributed by atoms with Gasteiger partial charge in [0.1, 0.15) is 23.5 Å². The number of halogens is 1. The molecule has 4 aromatic rings. The first-order valence-corrected chi connectivity index (χ1v) is 17.9. The summed E-state index contributed by atoms with van der Waals surface area (Å²) in [5.41, 5.74) is 3.64. The number of nitrogens with zero attached hydrogens (tertiary/aromatic N) is 2. The molecule has 3 N–H and O–H groups in total. The molecule has 12 heteroatoms. The number of aryl methyl sites for hydroxylation is 1. The fourth-order valence-corrected chi connectivity index (χ4v) is 7.21. The average Bonchev–Trinajstić information content (AvgIpc) is 3.41. The second-order valence-electron chi connectivity index (χ2n) is 12.9. The number of hydrogen-bond donors (Lipinski definition) is 3. The van der Waals surface area contributed by atoms with Crippen LogP contribution in [0.2, 0.25) is 0 Å². The van der Waals surface area contributed by atoms with Crippen LogP contribution < -0.4 is 25.7 Å². The van der Waals surface area contributed by atoms with E-state index in [1.807, 2.05) is 37.3 Å². The second kappa shape index (κ2) is 15.7. The van der Waals surface area contributed by atoms with Crippen LogP contribution in [0.15, 0.2) is 84.9 Å². The highest BCUT2D eigenvalue weighted by Gasteiger charge is 2.61. The van der Waals surface area contributed by atoms with E-state index in [1.165, 1.54) is 28.4 Å². The maximum Gasteiger partial charge on any atom is 0.278 e. The first kappa shape index (κ1) is 34.9. The van der Waals surface area contributed by atoms with Crippen LogP contribution in [0, 0.1) is 18.7 Å². The van der Waals surface area contributed by atoms with Crippen molar-refractivity contribution in [1.29, 1.82) is 0 Å². The van der Waals surface area contributed by atoms with Gasteiger partial charge < -0.3 is 25.1 Å². The SMILES string of the molecule is CCCCC/C=C\[C@@H]1C[C@]1(NC(=O)[C@@H]1CC(Oc2nc3ccc(C)cc3s2)CN1C(=O)CNc1cccc(F)c1)C(=O)NOc1ccccc1. The number of hydrogen-bond acceptors (Lipinski definition) is 8. The van der Waals surface area contributed by atoms with Crippen molar-refractivity contribution >= 4 is 45.0 Å². The predicted octanol–water partition coefficient (Wildman–Crippen LogP) is 6.33. The van der Waals surface area contributed by atoms with Gasteiger partial charge in [-0.1, -0.05) is 73.6 Å². The maximum atomic E-state index is 14.2. The van der Waals surface area contributed by atoms with E-state index in [9.17, 15) is 18.8 Å². The minimum Gasteiger partial charge on any atom is -0.465 e. The number of hydroxylamine groups is 1. The molecule has 0 bridgehead atoms. The van der Waals surface area contributed by atoms with Gasteiger partial charge in [0.2, 0.25) is 11.8 Å². The molecule has 2 heterocycles. The summed E-state index contributed by atoms with van der Waals surface area (Å²) in [7, 11) is 0. The largest absolute Gasteiger partial charge is 0.465 e. The molecule has 2 fully saturated rings. The van der Waals surface area contributed by atoms with E-state index in [0.29, 0.717) is 23.1 Å². The molecule has 50 heavy (non-hydrogen) atoms. The minimum absolute atomic E-state index is 0.133. The quantitative estimate of drug-likeness (QED) is 0.0754. The van der Waals surface area contributed by atoms with Crippen LogP contribution >= 0.6 is 11.3 Å². The number of para-hydroxylation sites is 1. The molecule has 3 amide bonds. The van der Waals surface area contributed by atoms with Crippen LogP contribution in [0.5, 0.6) is 10.9 Å². The van der Waals surface area contributed by atoms with Crippen LogP contribution in [0.25, 0.3) is 10.2 Å². The van der Waals surface area contributed by atoms with Gasteiger partial charge in [-0.05, 0) is 74.2 Å². The number of benzene rings is 3. The number of nitrogens with one attached hydrogen (secondary N) is 3. The van der Waals surface area contributed by atoms with Gasteiger partial charge in [0.05, 0.1) is 23.3 Å². The summed E-state index contributed by atoms with van der Waals surface area (Å²) in [5.74, 6) is -1.53. The van der Waals surface area contributed by atoms with Crippen LogP contribution in [0.1, 0.15) is 51.0 Å². The molecule has 1 aliphatic heterocycles. The number of carbonyl (C=O) groups is 3. The highest BCUT2D eigenvalue weighted by Crippen LogP contribution is 2.45. The highest BCUT2D eigenvalue weighted by atomic mass is 32.1. The van der Waals surface area contributed by atoms with Crippen molar-refractivity contribution in [3.63, 3.8) is 0 Å². The summed E-state index contributed by atoms with van der Waals surface area (Å²) >= 11 is 1.41. The van der Waals surface area contributed by atoms with Crippen molar-refractivity contribution in [2.75, 3.05) is 18.4 Å². The molecule has 262 valence electrons. The lowest BCUT2D eigenvalue weighted by molar-refractivity contribution is -0.140. The van der Waals surface area contributed by atoms with Gasteiger partial charge in [-0.25, -0.2) is 9.37 Å². The number of fused-ring (bicyclic) bond motifs is 1. The van der Waals surface area contributed by atoms with Crippen molar-refractivity contribution < 1.29 is 28.3 Å². The zero-order chi connectivity index (χ0) is 35.1. The molecule has 2 aliphatic rings. The maximum absolute atomic E-state index is 14.2. The van der Waals surface area contributed by atoms with E-state index in [0.717, 1.165) is 41.5 Å². The third-order valence-corrected chi connectivity index (χ3v) is 9.97. The Hall–Kier alpha value is -4.97. The van der Waals surface area contributed by atoms with Crippen LogP contribution in [-0.2, 0) is 14.4 Å². The molecule has 4 atom stereocenters. The van der Waals surface area contributed by atoms with Gasteiger partial charge >= 0.3 is 0 Å². The van der Waals surface area contributed by atoms with Gasteiger partial charge in [-0.15, -0.1) is 0 Å². The lowest BCUT2D eigenvalue weighted by Crippen LogP contribution is -2.56. The first-order valence-electron chi connectivity index (χ1n) is 17.1. The number of amides is 3. The normalized spacial score (nSPS) is 21.3. The zero-order valence-electron chi connectivity index (χ0n) is 28.2. The monoisotopic (exact) mass is 699 g/mol. The fourth-order valence-electron chi connectivity index (χ4n) is 6.23. The molecule has 3 aromatic carbocycles. The van der Waals surface area contributed by atoms with E-state index < -0.39 is 35.3 Å². The standard InChI is InChI=1S/C38H42FN5O5S/c1-3-4-5-6-8-12-26-22-38(26,36(47)43-49-29-15-9-7-10-16-29)42-35(46)32-21-30(48-37-41-31-18-17-25(2)19-33(31)50-37)24-44(32)34(45)23-40-28-14-11-13-27(39)20-28/h7-20,26,30,32,40H,3-6,21-24H2,1-2H3,(H,42,46)(H,43,47)/b12-8-/t26-,30?,32+,38-/m1/s1. The molecular weight excluding hydrogens is 658 g/mol. The van der Waals surface area contributed by atoms with E-state index in [1.54, 1.807) is 36.4 Å². The molecule has 10 nitrogen and oxygen atoms in total. The van der Waals surface area contributed by atoms with Crippen molar-refractivity contribution in [2.24, 2.45) is 5.92 Å². The number of allylic oxidation sites excluding steroid dienone is 1. The number of ether oxygens (including phenoxy) is 1. The minimum atomic E-state index is -1.24. The zero-order valence-corrected chi connectivity index (χ0v) is 29.0.